The topological polar surface area (TPSA) is 68.2 Å². The van der Waals surface area contributed by atoms with Crippen LogP contribution in [0.1, 0.15) is 32.1 Å². The number of aromatic nitrogens is 3. The van der Waals surface area contributed by atoms with Gasteiger partial charge in [0.15, 0.2) is 17.3 Å². The number of fused-ring (bicyclic) bond motifs is 3. The second-order valence-corrected chi connectivity index (χ2v) is 7.66. The van der Waals surface area contributed by atoms with E-state index in [4.69, 9.17) is 4.74 Å². The Kier molecular flexibility index (Phi) is 5.63. The van der Waals surface area contributed by atoms with Gasteiger partial charge in [0.2, 0.25) is 23.2 Å². The van der Waals surface area contributed by atoms with Gasteiger partial charge < -0.3 is 4.74 Å². The van der Waals surface area contributed by atoms with E-state index >= 15 is 0 Å². The number of ether oxygens (including phenoxy) is 1. The molecule has 2 heterocycles. The molecule has 1 atom stereocenters. The van der Waals surface area contributed by atoms with Gasteiger partial charge in [-0.3, -0.25) is 9.69 Å². The molecule has 0 fully saturated rings. The van der Waals surface area contributed by atoms with Crippen LogP contribution < -0.4 is 9.64 Å². The molecule has 0 saturated carbocycles. The molecule has 0 bridgehead atoms. The summed E-state index contributed by atoms with van der Waals surface area (Å²) < 4.78 is 34.8. The Morgan fingerprint density at radius 2 is 1.93 bits per heavy atom. The van der Waals surface area contributed by atoms with Gasteiger partial charge in [-0.1, -0.05) is 55.9 Å². The summed E-state index contributed by atoms with van der Waals surface area (Å²) in [6.07, 6.45) is -1.12. The zero-order valence-electron chi connectivity index (χ0n) is 16.3. The first kappa shape index (κ1) is 20.2. The van der Waals surface area contributed by atoms with Gasteiger partial charge in [0, 0.05) is 12.0 Å². The number of para-hydroxylation sites is 1. The van der Waals surface area contributed by atoms with E-state index in [1.807, 2.05) is 6.92 Å². The number of thioether (sulfide) groups is 1. The van der Waals surface area contributed by atoms with Gasteiger partial charge in [-0.2, -0.15) is 4.98 Å². The number of carbonyl (C=O) groups is 1. The zero-order valence-corrected chi connectivity index (χ0v) is 17.1. The summed E-state index contributed by atoms with van der Waals surface area (Å²) in [5.41, 5.74) is 1.26. The Balaban J connectivity index is 1.98. The lowest BCUT2D eigenvalue weighted by molar-refractivity contribution is -0.120. The van der Waals surface area contributed by atoms with Crippen molar-refractivity contribution in [3.05, 3.63) is 59.7 Å². The highest BCUT2D eigenvalue weighted by molar-refractivity contribution is 7.99. The number of rotatable bonds is 4. The van der Waals surface area contributed by atoms with Gasteiger partial charge in [0.25, 0.3) is 0 Å². The fraction of sp³-hybridized carbons (Fsp3) is 0.238. The number of carbonyl (C=O) groups excluding carboxylic acids is 1. The van der Waals surface area contributed by atoms with Crippen molar-refractivity contribution in [1.29, 1.82) is 0 Å². The summed E-state index contributed by atoms with van der Waals surface area (Å²) in [5.74, 6) is -1.60. The summed E-state index contributed by atoms with van der Waals surface area (Å²) in [5, 5.41) is 8.78. The predicted octanol–water partition coefficient (Wildman–Crippen LogP) is 4.76. The predicted molar refractivity (Wildman–Crippen MR) is 109 cm³/mol. The second-order valence-electron chi connectivity index (χ2n) is 6.43. The van der Waals surface area contributed by atoms with Crippen LogP contribution in [0.25, 0.3) is 11.3 Å². The monoisotopic (exact) mass is 428 g/mol. The standard InChI is InChI=1S/C21H18F2N4O2S/c1-3-16(28)27-15-11-6-5-8-12(15)18-19(24-21(26-25-18)30-4-2)29-20(27)13-9-7-10-14(22)17(13)23/h5-11,20H,3-4H2,1-2H3/t20-/m0/s1. The first-order valence-corrected chi connectivity index (χ1v) is 10.4. The summed E-state index contributed by atoms with van der Waals surface area (Å²) in [4.78, 5) is 18.7. The molecule has 1 aliphatic heterocycles. The van der Waals surface area contributed by atoms with E-state index in [1.54, 1.807) is 31.2 Å². The lowest BCUT2D eigenvalue weighted by atomic mass is 10.1. The van der Waals surface area contributed by atoms with Crippen LogP contribution in [-0.2, 0) is 4.79 Å². The van der Waals surface area contributed by atoms with Crippen molar-refractivity contribution >= 4 is 23.4 Å². The van der Waals surface area contributed by atoms with Gasteiger partial charge in [0.1, 0.15) is 0 Å². The molecule has 0 aliphatic carbocycles. The summed E-state index contributed by atoms with van der Waals surface area (Å²) >= 11 is 1.37. The molecule has 0 unspecified atom stereocenters. The fourth-order valence-corrected chi connectivity index (χ4v) is 3.76. The number of hydrogen-bond acceptors (Lipinski definition) is 6. The van der Waals surface area contributed by atoms with Gasteiger partial charge in [-0.25, -0.2) is 8.78 Å². The maximum atomic E-state index is 14.8. The van der Waals surface area contributed by atoms with Crippen molar-refractivity contribution in [2.45, 2.75) is 31.7 Å². The Labute approximate surface area is 176 Å². The molecule has 6 nitrogen and oxygen atoms in total. The highest BCUT2D eigenvalue weighted by atomic mass is 32.2. The molecule has 154 valence electrons. The van der Waals surface area contributed by atoms with Gasteiger partial charge in [0.05, 0.1) is 11.3 Å². The summed E-state index contributed by atoms with van der Waals surface area (Å²) in [6.45, 7) is 3.64. The number of nitrogens with zero attached hydrogens (tertiary/aromatic N) is 4. The van der Waals surface area contributed by atoms with Crippen LogP contribution in [0, 0.1) is 11.6 Å². The number of anilines is 1. The molecule has 9 heteroatoms. The highest BCUT2D eigenvalue weighted by Crippen LogP contribution is 2.44. The molecular formula is C21H18F2N4O2S. The highest BCUT2D eigenvalue weighted by Gasteiger charge is 2.37. The lowest BCUT2D eigenvalue weighted by Gasteiger charge is -2.30. The quantitative estimate of drug-likeness (QED) is 0.558. The van der Waals surface area contributed by atoms with Crippen LogP contribution in [0.15, 0.2) is 47.6 Å². The van der Waals surface area contributed by atoms with Crippen molar-refractivity contribution < 1.29 is 18.3 Å². The third kappa shape index (κ3) is 3.49. The van der Waals surface area contributed by atoms with Crippen LogP contribution in [0.3, 0.4) is 0 Å². The van der Waals surface area contributed by atoms with Gasteiger partial charge >= 0.3 is 0 Å². The van der Waals surface area contributed by atoms with E-state index < -0.39 is 17.9 Å². The van der Waals surface area contributed by atoms with E-state index in [-0.39, 0.29) is 23.8 Å². The molecular weight excluding hydrogens is 410 g/mol. The normalized spacial score (nSPS) is 15.1. The SMILES string of the molecule is CCSc1nnc2c(n1)O[C@@H](c1cccc(F)c1F)N(C(=O)CC)c1ccccc1-2. The average Bonchev–Trinajstić information content (AvgIpc) is 2.89. The molecule has 1 amide bonds. The third-order valence-electron chi connectivity index (χ3n) is 4.60. The molecule has 0 N–H and O–H groups in total. The third-order valence-corrected chi connectivity index (χ3v) is 5.32. The number of amides is 1. The van der Waals surface area contributed by atoms with Gasteiger partial charge in [-0.05, 0) is 17.9 Å². The fourth-order valence-electron chi connectivity index (χ4n) is 3.26. The maximum Gasteiger partial charge on any atom is 0.247 e. The van der Waals surface area contributed by atoms with Crippen molar-refractivity contribution in [3.63, 3.8) is 0 Å². The lowest BCUT2D eigenvalue weighted by Crippen LogP contribution is -2.37. The Morgan fingerprint density at radius 3 is 2.70 bits per heavy atom. The number of benzene rings is 2. The van der Waals surface area contributed by atoms with E-state index in [0.29, 0.717) is 22.1 Å². The molecule has 0 radical (unpaired) electrons. The molecule has 0 spiro atoms. The Morgan fingerprint density at radius 1 is 1.13 bits per heavy atom. The number of hydrogen-bond donors (Lipinski definition) is 0. The molecule has 30 heavy (non-hydrogen) atoms. The smallest absolute Gasteiger partial charge is 0.247 e. The Bertz CT molecular complexity index is 1110. The Hall–Kier alpha value is -3.07. The van der Waals surface area contributed by atoms with E-state index in [2.05, 4.69) is 15.2 Å². The molecule has 1 aliphatic rings. The van der Waals surface area contributed by atoms with Crippen LogP contribution in [0.2, 0.25) is 0 Å². The number of halogens is 2. The molecule has 0 saturated heterocycles. The van der Waals surface area contributed by atoms with Crippen molar-refractivity contribution in [3.8, 4) is 17.1 Å². The van der Waals surface area contributed by atoms with E-state index in [0.717, 1.165) is 11.8 Å². The van der Waals surface area contributed by atoms with Crippen LogP contribution >= 0.6 is 11.8 Å². The average molecular weight is 428 g/mol. The van der Waals surface area contributed by atoms with Crippen molar-refractivity contribution in [2.75, 3.05) is 10.7 Å². The molecule has 1 aromatic heterocycles. The van der Waals surface area contributed by atoms with E-state index in [9.17, 15) is 13.6 Å². The van der Waals surface area contributed by atoms with E-state index in [1.165, 1.54) is 28.8 Å². The summed E-state index contributed by atoms with van der Waals surface area (Å²) in [7, 11) is 0. The first-order chi connectivity index (χ1) is 14.5. The van der Waals surface area contributed by atoms with Gasteiger partial charge in [-0.15, -0.1) is 10.2 Å². The van der Waals surface area contributed by atoms with Crippen molar-refractivity contribution in [2.24, 2.45) is 0 Å². The molecule has 4 rings (SSSR count). The first-order valence-electron chi connectivity index (χ1n) is 9.44. The van der Waals surface area contributed by atoms with Crippen LogP contribution in [0.4, 0.5) is 14.5 Å². The second kappa shape index (κ2) is 8.35. The molecule has 3 aromatic rings. The molecule has 2 aromatic carbocycles. The van der Waals surface area contributed by atoms with Crippen LogP contribution in [0.5, 0.6) is 5.88 Å². The zero-order chi connectivity index (χ0) is 21.3. The minimum atomic E-state index is -1.26. The summed E-state index contributed by atoms with van der Waals surface area (Å²) in [6, 6.07) is 10.8. The van der Waals surface area contributed by atoms with Crippen molar-refractivity contribution in [1.82, 2.24) is 15.2 Å². The largest absolute Gasteiger partial charge is 0.447 e. The minimum absolute atomic E-state index is 0.105. The minimum Gasteiger partial charge on any atom is -0.447 e. The maximum absolute atomic E-state index is 14.8. The van der Waals surface area contributed by atoms with Crippen LogP contribution in [-0.4, -0.2) is 26.8 Å².